The Hall–Kier alpha value is -2.37. The minimum Gasteiger partial charge on any atom is -0.388 e. The first-order valence-electron chi connectivity index (χ1n) is 8.43. The summed E-state index contributed by atoms with van der Waals surface area (Å²) in [4.78, 5) is 12.1. The maximum absolute atomic E-state index is 12.1. The molecule has 2 unspecified atom stereocenters. The lowest BCUT2D eigenvalue weighted by atomic mass is 10.0. The monoisotopic (exact) mass is 342 g/mol. The largest absolute Gasteiger partial charge is 0.388 e. The molecule has 134 valence electrons. The number of hydrogen-bond donors (Lipinski definition) is 3. The lowest BCUT2D eigenvalue weighted by Crippen LogP contribution is -2.41. The molecule has 2 amide bonds. The molecule has 2 rings (SSSR count). The highest BCUT2D eigenvalue weighted by molar-refractivity contribution is 5.74. The van der Waals surface area contributed by atoms with Crippen LogP contribution in [-0.4, -0.2) is 24.3 Å². The number of hydrogen-bond acceptors (Lipinski definition) is 3. The molecule has 0 aliphatic carbocycles. The summed E-state index contributed by atoms with van der Waals surface area (Å²) in [6.07, 6.45) is -0.142. The maximum Gasteiger partial charge on any atom is 0.315 e. The standard InChI is InChI=1S/C20H26N2O3/c1-15(12-19(23)16-8-4-3-5-9-16)22-20(24)21-13-17-10-6-7-11-18(17)14-25-2/h3-11,15,19,23H,12-14H2,1-2H3,(H2,21,22,24). The van der Waals surface area contributed by atoms with Crippen molar-refractivity contribution in [1.29, 1.82) is 0 Å². The Balaban J connectivity index is 1.80. The number of methoxy groups -OCH3 is 1. The van der Waals surface area contributed by atoms with E-state index in [2.05, 4.69) is 10.6 Å². The van der Waals surface area contributed by atoms with Gasteiger partial charge in [-0.3, -0.25) is 0 Å². The van der Waals surface area contributed by atoms with Crippen LogP contribution in [-0.2, 0) is 17.9 Å². The van der Waals surface area contributed by atoms with E-state index in [1.165, 1.54) is 0 Å². The molecule has 5 heteroatoms. The third-order valence-corrected chi connectivity index (χ3v) is 4.00. The fourth-order valence-corrected chi connectivity index (χ4v) is 2.68. The molecule has 0 saturated carbocycles. The summed E-state index contributed by atoms with van der Waals surface area (Å²) < 4.78 is 5.17. The fraction of sp³-hybridized carbons (Fsp3) is 0.350. The lowest BCUT2D eigenvalue weighted by Gasteiger charge is -2.19. The number of benzene rings is 2. The summed E-state index contributed by atoms with van der Waals surface area (Å²) in [5.41, 5.74) is 2.93. The Morgan fingerprint density at radius 2 is 1.72 bits per heavy atom. The zero-order valence-electron chi connectivity index (χ0n) is 14.7. The number of rotatable bonds is 8. The molecule has 0 spiro atoms. The van der Waals surface area contributed by atoms with Crippen molar-refractivity contribution in [3.63, 3.8) is 0 Å². The number of ether oxygens (including phenoxy) is 1. The summed E-state index contributed by atoms with van der Waals surface area (Å²) in [5.74, 6) is 0. The molecule has 0 saturated heterocycles. The Morgan fingerprint density at radius 1 is 1.08 bits per heavy atom. The molecule has 0 fully saturated rings. The highest BCUT2D eigenvalue weighted by Gasteiger charge is 2.14. The molecule has 0 radical (unpaired) electrons. The lowest BCUT2D eigenvalue weighted by molar-refractivity contribution is 0.154. The predicted octanol–water partition coefficient (Wildman–Crippen LogP) is 3.14. The highest BCUT2D eigenvalue weighted by Crippen LogP contribution is 2.17. The Bertz CT molecular complexity index is 661. The van der Waals surface area contributed by atoms with Gasteiger partial charge in [-0.05, 0) is 30.0 Å². The SMILES string of the molecule is COCc1ccccc1CNC(=O)NC(C)CC(O)c1ccccc1. The summed E-state index contributed by atoms with van der Waals surface area (Å²) in [6.45, 7) is 2.82. The molecule has 0 heterocycles. The van der Waals surface area contributed by atoms with Crippen molar-refractivity contribution in [3.05, 3.63) is 71.3 Å². The van der Waals surface area contributed by atoms with E-state index in [0.717, 1.165) is 16.7 Å². The van der Waals surface area contributed by atoms with Gasteiger partial charge in [-0.2, -0.15) is 0 Å². The number of carbonyl (C=O) groups excluding carboxylic acids is 1. The van der Waals surface area contributed by atoms with Crippen molar-refractivity contribution < 1.29 is 14.6 Å². The molecule has 2 aromatic carbocycles. The number of urea groups is 1. The molecule has 5 nitrogen and oxygen atoms in total. The average Bonchev–Trinajstić information content (AvgIpc) is 2.62. The van der Waals surface area contributed by atoms with Crippen molar-refractivity contribution in [1.82, 2.24) is 10.6 Å². The van der Waals surface area contributed by atoms with Crippen LogP contribution in [0.25, 0.3) is 0 Å². The van der Waals surface area contributed by atoms with Crippen LogP contribution in [0.15, 0.2) is 54.6 Å². The second kappa shape index (κ2) is 9.81. The van der Waals surface area contributed by atoms with Crippen molar-refractivity contribution in [2.24, 2.45) is 0 Å². The van der Waals surface area contributed by atoms with Crippen molar-refractivity contribution in [2.45, 2.75) is 38.6 Å². The molecule has 2 aromatic rings. The number of nitrogens with one attached hydrogen (secondary N) is 2. The number of amides is 2. The van der Waals surface area contributed by atoms with Crippen LogP contribution in [0.3, 0.4) is 0 Å². The third kappa shape index (κ3) is 6.21. The van der Waals surface area contributed by atoms with Crippen LogP contribution in [0.5, 0.6) is 0 Å². The smallest absolute Gasteiger partial charge is 0.315 e. The summed E-state index contributed by atoms with van der Waals surface area (Å²) in [6, 6.07) is 16.9. The molecule has 2 atom stereocenters. The van der Waals surface area contributed by atoms with E-state index in [1.807, 2.05) is 61.5 Å². The molecular formula is C20H26N2O3. The topological polar surface area (TPSA) is 70.6 Å². The molecule has 0 bridgehead atoms. The quantitative estimate of drug-likeness (QED) is 0.690. The second-order valence-corrected chi connectivity index (χ2v) is 6.09. The van der Waals surface area contributed by atoms with Crippen LogP contribution in [0.4, 0.5) is 4.79 Å². The van der Waals surface area contributed by atoms with E-state index in [-0.39, 0.29) is 12.1 Å². The van der Waals surface area contributed by atoms with Crippen molar-refractivity contribution >= 4 is 6.03 Å². The number of aliphatic hydroxyl groups excluding tert-OH is 1. The van der Waals surface area contributed by atoms with E-state index in [1.54, 1.807) is 7.11 Å². The van der Waals surface area contributed by atoms with Gasteiger partial charge in [-0.25, -0.2) is 4.79 Å². The van der Waals surface area contributed by atoms with Gasteiger partial charge in [0.2, 0.25) is 0 Å². The van der Waals surface area contributed by atoms with Gasteiger partial charge < -0.3 is 20.5 Å². The van der Waals surface area contributed by atoms with E-state index in [4.69, 9.17) is 4.74 Å². The molecule has 0 aromatic heterocycles. The first-order chi connectivity index (χ1) is 12.1. The first-order valence-corrected chi connectivity index (χ1v) is 8.43. The summed E-state index contributed by atoms with van der Waals surface area (Å²) in [5, 5.41) is 15.9. The van der Waals surface area contributed by atoms with Gasteiger partial charge in [0, 0.05) is 19.7 Å². The van der Waals surface area contributed by atoms with Crippen LogP contribution in [0.1, 0.15) is 36.1 Å². The maximum atomic E-state index is 12.1. The van der Waals surface area contributed by atoms with E-state index < -0.39 is 6.10 Å². The fourth-order valence-electron chi connectivity index (χ4n) is 2.68. The van der Waals surface area contributed by atoms with Gasteiger partial charge in [-0.1, -0.05) is 54.6 Å². The van der Waals surface area contributed by atoms with E-state index >= 15 is 0 Å². The van der Waals surface area contributed by atoms with Crippen LogP contribution < -0.4 is 10.6 Å². The molecule has 25 heavy (non-hydrogen) atoms. The predicted molar refractivity (Wildman–Crippen MR) is 98.0 cm³/mol. The first kappa shape index (κ1) is 19.0. The summed E-state index contributed by atoms with van der Waals surface area (Å²) >= 11 is 0. The van der Waals surface area contributed by atoms with Crippen LogP contribution in [0.2, 0.25) is 0 Å². The zero-order chi connectivity index (χ0) is 18.1. The molecular weight excluding hydrogens is 316 g/mol. The Morgan fingerprint density at radius 3 is 2.40 bits per heavy atom. The van der Waals surface area contributed by atoms with Crippen LogP contribution in [0, 0.1) is 0 Å². The Kier molecular flexibility index (Phi) is 7.44. The van der Waals surface area contributed by atoms with Crippen LogP contribution >= 0.6 is 0 Å². The zero-order valence-corrected chi connectivity index (χ0v) is 14.7. The normalized spacial score (nSPS) is 13.1. The van der Waals surface area contributed by atoms with Crippen molar-refractivity contribution in [3.8, 4) is 0 Å². The van der Waals surface area contributed by atoms with Gasteiger partial charge in [0.05, 0.1) is 12.7 Å². The summed E-state index contributed by atoms with van der Waals surface area (Å²) in [7, 11) is 1.65. The Labute approximate surface area is 149 Å². The minimum atomic E-state index is -0.598. The number of carbonyl (C=O) groups is 1. The average molecular weight is 342 g/mol. The third-order valence-electron chi connectivity index (χ3n) is 4.00. The van der Waals surface area contributed by atoms with E-state index in [0.29, 0.717) is 19.6 Å². The van der Waals surface area contributed by atoms with Gasteiger partial charge in [0.15, 0.2) is 0 Å². The molecule has 0 aliphatic heterocycles. The molecule has 0 aliphatic rings. The van der Waals surface area contributed by atoms with E-state index in [9.17, 15) is 9.90 Å². The van der Waals surface area contributed by atoms with Gasteiger partial charge in [-0.15, -0.1) is 0 Å². The minimum absolute atomic E-state index is 0.149. The highest BCUT2D eigenvalue weighted by atomic mass is 16.5. The second-order valence-electron chi connectivity index (χ2n) is 6.09. The van der Waals surface area contributed by atoms with Gasteiger partial charge >= 0.3 is 6.03 Å². The van der Waals surface area contributed by atoms with Crippen molar-refractivity contribution in [2.75, 3.05) is 7.11 Å². The number of aliphatic hydroxyl groups is 1. The van der Waals surface area contributed by atoms with Gasteiger partial charge in [0.1, 0.15) is 0 Å². The molecule has 3 N–H and O–H groups in total. The van der Waals surface area contributed by atoms with Gasteiger partial charge in [0.25, 0.3) is 0 Å².